The van der Waals surface area contributed by atoms with Crippen LogP contribution >= 0.6 is 11.6 Å². The average Bonchev–Trinajstić information content (AvgIpc) is 3.10. The summed E-state index contributed by atoms with van der Waals surface area (Å²) in [7, 11) is 0. The first-order chi connectivity index (χ1) is 15.7. The zero-order chi connectivity index (χ0) is 23.6. The molecular formula is C25H25ClF2N2O3. The Morgan fingerprint density at radius 2 is 2.00 bits per heavy atom. The van der Waals surface area contributed by atoms with Gasteiger partial charge in [-0.2, -0.15) is 0 Å². The summed E-state index contributed by atoms with van der Waals surface area (Å²) < 4.78 is 27.1. The van der Waals surface area contributed by atoms with Crippen LogP contribution in [0.2, 0.25) is 5.02 Å². The normalized spacial score (nSPS) is 21.2. The summed E-state index contributed by atoms with van der Waals surface area (Å²) in [5.74, 6) is -1.96. The SMILES string of the molecule is O=C1CCC(CCc2c[nH]c3ccc(F)cc23)CCC1(O)C(=O)NCc1cc(F)cc(Cl)c1. The van der Waals surface area contributed by atoms with Crippen molar-refractivity contribution < 1.29 is 23.5 Å². The number of carbonyl (C=O) groups is 2. The summed E-state index contributed by atoms with van der Waals surface area (Å²) in [4.78, 5) is 28.5. The number of aryl methyl sites for hydroxylation is 1. The van der Waals surface area contributed by atoms with Crippen LogP contribution in [-0.4, -0.2) is 27.4 Å². The van der Waals surface area contributed by atoms with E-state index in [1.807, 2.05) is 6.20 Å². The van der Waals surface area contributed by atoms with Crippen molar-refractivity contribution in [2.24, 2.45) is 5.92 Å². The molecular weight excluding hydrogens is 450 g/mol. The standard InChI is InChI=1S/C25H25ClF2N2O3/c26-18-9-16(10-20(28)11-18)13-30-24(32)25(33)8-7-15(2-6-23(25)31)1-3-17-14-29-22-5-4-19(27)12-21(17)22/h4-5,9-12,14-15,29,33H,1-3,6-8,13H2,(H,30,32). The van der Waals surface area contributed by atoms with Crippen LogP contribution < -0.4 is 5.32 Å². The lowest BCUT2D eigenvalue weighted by Gasteiger charge is -2.24. The number of hydrogen-bond donors (Lipinski definition) is 3. The van der Waals surface area contributed by atoms with Gasteiger partial charge in [0.15, 0.2) is 5.78 Å². The van der Waals surface area contributed by atoms with Gasteiger partial charge in [0.2, 0.25) is 5.60 Å². The van der Waals surface area contributed by atoms with Gasteiger partial charge in [0.05, 0.1) is 0 Å². The molecule has 3 aromatic rings. The Bertz CT molecular complexity index is 1180. The van der Waals surface area contributed by atoms with Crippen molar-refractivity contribution in [2.75, 3.05) is 0 Å². The number of fused-ring (bicyclic) bond motifs is 1. The minimum atomic E-state index is -2.10. The maximum Gasteiger partial charge on any atom is 0.260 e. The van der Waals surface area contributed by atoms with Crippen molar-refractivity contribution in [2.45, 2.75) is 50.7 Å². The zero-order valence-corrected chi connectivity index (χ0v) is 18.7. The fourth-order valence-corrected chi connectivity index (χ4v) is 4.77. The van der Waals surface area contributed by atoms with Gasteiger partial charge in [-0.05, 0) is 85.5 Å². The molecule has 174 valence electrons. The summed E-state index contributed by atoms with van der Waals surface area (Å²) in [6, 6.07) is 8.52. The molecule has 1 saturated carbocycles. The number of nitrogens with one attached hydrogen (secondary N) is 2. The van der Waals surface area contributed by atoms with E-state index in [1.54, 1.807) is 6.07 Å². The van der Waals surface area contributed by atoms with E-state index in [0.29, 0.717) is 24.8 Å². The van der Waals surface area contributed by atoms with Crippen molar-refractivity contribution in [3.63, 3.8) is 0 Å². The number of benzene rings is 2. The monoisotopic (exact) mass is 474 g/mol. The van der Waals surface area contributed by atoms with Crippen molar-refractivity contribution in [3.05, 3.63) is 70.4 Å². The van der Waals surface area contributed by atoms with Crippen LogP contribution in [0.5, 0.6) is 0 Å². The summed E-state index contributed by atoms with van der Waals surface area (Å²) in [5, 5.41) is 14.5. The molecule has 0 radical (unpaired) electrons. The zero-order valence-electron chi connectivity index (χ0n) is 18.0. The molecule has 8 heteroatoms. The molecule has 0 spiro atoms. The third-order valence-electron chi connectivity index (χ3n) is 6.46. The van der Waals surface area contributed by atoms with Crippen molar-refractivity contribution in [1.82, 2.24) is 10.3 Å². The first-order valence-corrected chi connectivity index (χ1v) is 11.4. The molecule has 2 atom stereocenters. The Labute approximate surface area is 195 Å². The van der Waals surface area contributed by atoms with E-state index in [-0.39, 0.29) is 36.1 Å². The first-order valence-electron chi connectivity index (χ1n) is 11.0. The maximum absolute atomic E-state index is 13.6. The summed E-state index contributed by atoms with van der Waals surface area (Å²) in [6.07, 6.45) is 4.54. The van der Waals surface area contributed by atoms with Crippen LogP contribution in [-0.2, 0) is 22.6 Å². The summed E-state index contributed by atoms with van der Waals surface area (Å²) in [6.45, 7) is -0.0492. The van der Waals surface area contributed by atoms with Crippen molar-refractivity contribution in [3.8, 4) is 0 Å². The van der Waals surface area contributed by atoms with Crippen LogP contribution in [0.25, 0.3) is 10.9 Å². The van der Waals surface area contributed by atoms with E-state index < -0.39 is 23.1 Å². The van der Waals surface area contributed by atoms with Crippen molar-refractivity contribution >= 4 is 34.2 Å². The quantitative estimate of drug-likeness (QED) is 0.353. The van der Waals surface area contributed by atoms with Gasteiger partial charge >= 0.3 is 0 Å². The van der Waals surface area contributed by atoms with E-state index in [0.717, 1.165) is 29.0 Å². The predicted molar refractivity (Wildman–Crippen MR) is 122 cm³/mol. The molecule has 4 rings (SSSR count). The molecule has 1 aromatic heterocycles. The van der Waals surface area contributed by atoms with Crippen molar-refractivity contribution in [1.29, 1.82) is 0 Å². The fourth-order valence-electron chi connectivity index (χ4n) is 4.53. The summed E-state index contributed by atoms with van der Waals surface area (Å²) >= 11 is 5.83. The lowest BCUT2D eigenvalue weighted by atomic mass is 9.90. The molecule has 2 aromatic carbocycles. The molecule has 1 heterocycles. The number of Topliss-reactive ketones (excluding diaryl/α,β-unsaturated/α-hetero) is 1. The van der Waals surface area contributed by atoms with Crippen LogP contribution in [0.4, 0.5) is 8.78 Å². The number of aromatic nitrogens is 1. The van der Waals surface area contributed by atoms with Gasteiger partial charge in [0.25, 0.3) is 5.91 Å². The van der Waals surface area contributed by atoms with Crippen LogP contribution in [0, 0.1) is 17.6 Å². The van der Waals surface area contributed by atoms with Crippen LogP contribution in [0.1, 0.15) is 43.2 Å². The molecule has 2 unspecified atom stereocenters. The lowest BCUT2D eigenvalue weighted by molar-refractivity contribution is -0.152. The highest BCUT2D eigenvalue weighted by Gasteiger charge is 2.44. The molecule has 1 amide bonds. The van der Waals surface area contributed by atoms with E-state index in [4.69, 9.17) is 11.6 Å². The molecule has 0 saturated heterocycles. The molecule has 3 N–H and O–H groups in total. The molecule has 5 nitrogen and oxygen atoms in total. The first kappa shape index (κ1) is 23.4. The van der Waals surface area contributed by atoms with Gasteiger partial charge in [-0.3, -0.25) is 9.59 Å². The Balaban J connectivity index is 1.36. The number of carbonyl (C=O) groups excluding carboxylic acids is 2. The number of hydrogen-bond acceptors (Lipinski definition) is 3. The topological polar surface area (TPSA) is 82.2 Å². The second kappa shape index (κ2) is 9.61. The van der Waals surface area contributed by atoms with Gasteiger partial charge in [-0.15, -0.1) is 0 Å². The van der Waals surface area contributed by atoms with Gasteiger partial charge in [-0.1, -0.05) is 11.6 Å². The number of aliphatic hydroxyl groups is 1. The molecule has 1 fully saturated rings. The van der Waals surface area contributed by atoms with Gasteiger partial charge in [0.1, 0.15) is 11.6 Å². The molecule has 1 aliphatic carbocycles. The number of amides is 1. The molecule has 33 heavy (non-hydrogen) atoms. The second-order valence-electron chi connectivity index (χ2n) is 8.73. The highest BCUT2D eigenvalue weighted by molar-refractivity contribution is 6.30. The molecule has 0 bridgehead atoms. The summed E-state index contributed by atoms with van der Waals surface area (Å²) in [5.41, 5.74) is 0.205. The Kier molecular flexibility index (Phi) is 6.81. The Morgan fingerprint density at radius 3 is 2.79 bits per heavy atom. The number of H-pyrrole nitrogens is 1. The van der Waals surface area contributed by atoms with Crippen LogP contribution in [0.15, 0.2) is 42.6 Å². The maximum atomic E-state index is 13.6. The van der Waals surface area contributed by atoms with Gasteiger partial charge < -0.3 is 15.4 Å². The Morgan fingerprint density at radius 1 is 1.18 bits per heavy atom. The average molecular weight is 475 g/mol. The number of ketones is 1. The smallest absolute Gasteiger partial charge is 0.260 e. The predicted octanol–water partition coefficient (Wildman–Crippen LogP) is 4.84. The lowest BCUT2D eigenvalue weighted by Crippen LogP contribution is -2.52. The van der Waals surface area contributed by atoms with E-state index >= 15 is 0 Å². The van der Waals surface area contributed by atoms with Gasteiger partial charge in [-0.25, -0.2) is 8.78 Å². The number of rotatable bonds is 6. The van der Waals surface area contributed by atoms with Gasteiger partial charge in [0, 0.05) is 35.1 Å². The highest BCUT2D eigenvalue weighted by atomic mass is 35.5. The third kappa shape index (κ3) is 5.25. The van der Waals surface area contributed by atoms with E-state index in [9.17, 15) is 23.5 Å². The fraction of sp³-hybridized carbons (Fsp3) is 0.360. The molecule has 0 aliphatic heterocycles. The Hall–Kier alpha value is -2.77. The number of halogens is 3. The minimum Gasteiger partial charge on any atom is -0.373 e. The largest absolute Gasteiger partial charge is 0.373 e. The van der Waals surface area contributed by atoms with E-state index in [1.165, 1.54) is 24.3 Å². The highest BCUT2D eigenvalue weighted by Crippen LogP contribution is 2.32. The third-order valence-corrected chi connectivity index (χ3v) is 6.68. The second-order valence-corrected chi connectivity index (χ2v) is 9.17. The van der Waals surface area contributed by atoms with Crippen LogP contribution in [0.3, 0.4) is 0 Å². The molecule has 1 aliphatic rings. The number of aromatic amines is 1. The van der Waals surface area contributed by atoms with E-state index in [2.05, 4.69) is 10.3 Å². The minimum absolute atomic E-state index is 0.0226.